The molecule has 0 heterocycles. The van der Waals surface area contributed by atoms with Crippen LogP contribution in [0, 0.1) is 0 Å². The van der Waals surface area contributed by atoms with Gasteiger partial charge in [-0.15, -0.1) is 0 Å². The second-order valence-corrected chi connectivity index (χ2v) is 6.33. The Bertz CT molecular complexity index is 698. The van der Waals surface area contributed by atoms with E-state index in [9.17, 15) is 9.90 Å². The van der Waals surface area contributed by atoms with Gasteiger partial charge in [0.15, 0.2) is 0 Å². The van der Waals surface area contributed by atoms with Crippen LogP contribution in [0.4, 0.5) is 0 Å². The zero-order valence-corrected chi connectivity index (χ0v) is 15.0. The maximum Gasteiger partial charge on any atom is 0.221 e. The molecule has 5 nitrogen and oxygen atoms in total. The smallest absolute Gasteiger partial charge is 0.221 e. The molecule has 0 aliphatic heterocycles. The fraction of sp³-hybridized carbons (Fsp3) is 0.278. The highest BCUT2D eigenvalue weighted by Crippen LogP contribution is 2.31. The van der Waals surface area contributed by atoms with Gasteiger partial charge in [-0.2, -0.15) is 0 Å². The van der Waals surface area contributed by atoms with Gasteiger partial charge in [0.25, 0.3) is 0 Å². The molecule has 7 heteroatoms. The maximum absolute atomic E-state index is 11.9. The molecule has 134 valence electrons. The summed E-state index contributed by atoms with van der Waals surface area (Å²) in [5.74, 6) is 0.141. The molecule has 2 aromatic rings. The molecule has 25 heavy (non-hydrogen) atoms. The Balaban J connectivity index is 1.73. The van der Waals surface area contributed by atoms with Gasteiger partial charge in [-0.1, -0.05) is 59.6 Å². The molecule has 2 aromatic carbocycles. The highest BCUT2D eigenvalue weighted by molar-refractivity contribution is 6.42. The molecule has 2 rings (SSSR count). The lowest BCUT2D eigenvalue weighted by Crippen LogP contribution is -2.36. The minimum Gasteiger partial charge on any atom is -0.489 e. The molecular weight excluding hydrogens is 363 g/mol. The number of rotatable bonds is 8. The van der Waals surface area contributed by atoms with Crippen LogP contribution in [0.1, 0.15) is 18.0 Å². The van der Waals surface area contributed by atoms with Gasteiger partial charge in [0.1, 0.15) is 23.5 Å². The second kappa shape index (κ2) is 9.63. The average molecular weight is 383 g/mol. The Kier molecular flexibility index (Phi) is 7.52. The number of aliphatic hydroxyl groups excluding tert-OH is 1. The lowest BCUT2D eigenvalue weighted by molar-refractivity contribution is -0.122. The van der Waals surface area contributed by atoms with Gasteiger partial charge in [-0.05, 0) is 17.7 Å². The van der Waals surface area contributed by atoms with Gasteiger partial charge < -0.3 is 20.9 Å². The molecule has 0 aromatic heterocycles. The number of amides is 1. The van der Waals surface area contributed by atoms with Crippen LogP contribution in [0.2, 0.25) is 10.0 Å². The minimum absolute atomic E-state index is 0.0227. The molecule has 2 unspecified atom stereocenters. The number of hydrogen-bond donors (Lipinski definition) is 3. The van der Waals surface area contributed by atoms with E-state index in [1.807, 2.05) is 30.3 Å². The highest BCUT2D eigenvalue weighted by Gasteiger charge is 2.14. The number of nitrogens with one attached hydrogen (secondary N) is 1. The first-order valence-corrected chi connectivity index (χ1v) is 8.55. The Hall–Kier alpha value is -1.79. The minimum atomic E-state index is -0.882. The summed E-state index contributed by atoms with van der Waals surface area (Å²) in [6.07, 6.45) is -0.746. The predicted molar refractivity (Wildman–Crippen MR) is 99.0 cm³/mol. The standard InChI is InChI=1S/C18H20Cl2N2O3/c19-14-7-4-8-16(18(14)20)25-11-13(23)10-22-17(24)9-15(21)12-5-2-1-3-6-12/h1-8,13,15,23H,9-11,21H2,(H,22,24). The number of nitrogens with two attached hydrogens (primary N) is 1. The molecule has 1 amide bonds. The summed E-state index contributed by atoms with van der Waals surface area (Å²) in [6, 6.07) is 14.0. The van der Waals surface area contributed by atoms with Crippen LogP contribution in [-0.2, 0) is 4.79 Å². The van der Waals surface area contributed by atoms with Crippen molar-refractivity contribution in [3.05, 3.63) is 64.1 Å². The Labute approximate surface area is 156 Å². The summed E-state index contributed by atoms with van der Waals surface area (Å²) in [5.41, 5.74) is 6.88. The van der Waals surface area contributed by atoms with Crippen molar-refractivity contribution in [3.63, 3.8) is 0 Å². The maximum atomic E-state index is 11.9. The summed E-state index contributed by atoms with van der Waals surface area (Å²) in [4.78, 5) is 11.9. The fourth-order valence-electron chi connectivity index (χ4n) is 2.16. The third-order valence-electron chi connectivity index (χ3n) is 3.52. The van der Waals surface area contributed by atoms with E-state index in [-0.39, 0.29) is 36.5 Å². The molecule has 0 spiro atoms. The van der Waals surface area contributed by atoms with Crippen molar-refractivity contribution < 1.29 is 14.6 Å². The van der Waals surface area contributed by atoms with Gasteiger partial charge in [-0.3, -0.25) is 4.79 Å². The number of hydrogen-bond acceptors (Lipinski definition) is 4. The molecule has 0 radical (unpaired) electrons. The topological polar surface area (TPSA) is 84.6 Å². The zero-order valence-electron chi connectivity index (χ0n) is 13.5. The summed E-state index contributed by atoms with van der Waals surface area (Å²) < 4.78 is 5.42. The Morgan fingerprint density at radius 2 is 1.88 bits per heavy atom. The van der Waals surface area contributed by atoms with Crippen molar-refractivity contribution in [2.75, 3.05) is 13.2 Å². The monoisotopic (exact) mass is 382 g/mol. The molecule has 0 saturated heterocycles. The number of aliphatic hydroxyl groups is 1. The van der Waals surface area contributed by atoms with E-state index in [4.69, 9.17) is 33.7 Å². The number of halogens is 2. The highest BCUT2D eigenvalue weighted by atomic mass is 35.5. The van der Waals surface area contributed by atoms with Gasteiger partial charge in [0.2, 0.25) is 5.91 Å². The molecule has 4 N–H and O–H groups in total. The van der Waals surface area contributed by atoms with Crippen LogP contribution in [0.15, 0.2) is 48.5 Å². The van der Waals surface area contributed by atoms with Crippen LogP contribution < -0.4 is 15.8 Å². The van der Waals surface area contributed by atoms with Crippen LogP contribution in [0.3, 0.4) is 0 Å². The average Bonchev–Trinajstić information content (AvgIpc) is 2.62. The van der Waals surface area contributed by atoms with Crippen molar-refractivity contribution >= 4 is 29.1 Å². The van der Waals surface area contributed by atoms with Crippen molar-refractivity contribution in [2.24, 2.45) is 5.73 Å². The first-order valence-electron chi connectivity index (χ1n) is 7.79. The Morgan fingerprint density at radius 3 is 2.60 bits per heavy atom. The number of carbonyl (C=O) groups is 1. The van der Waals surface area contributed by atoms with Crippen LogP contribution in [0.5, 0.6) is 5.75 Å². The first kappa shape index (κ1) is 19.5. The summed E-state index contributed by atoms with van der Waals surface area (Å²) in [7, 11) is 0. The van der Waals surface area contributed by atoms with Crippen LogP contribution in [-0.4, -0.2) is 30.3 Å². The van der Waals surface area contributed by atoms with Crippen molar-refractivity contribution in [1.82, 2.24) is 5.32 Å². The van der Waals surface area contributed by atoms with E-state index in [0.29, 0.717) is 10.8 Å². The molecule has 0 aliphatic rings. The Morgan fingerprint density at radius 1 is 1.16 bits per heavy atom. The largest absolute Gasteiger partial charge is 0.489 e. The van der Waals surface area contributed by atoms with Gasteiger partial charge >= 0.3 is 0 Å². The van der Waals surface area contributed by atoms with E-state index < -0.39 is 6.10 Å². The number of benzene rings is 2. The van der Waals surface area contributed by atoms with Gasteiger partial charge in [0, 0.05) is 19.0 Å². The van der Waals surface area contributed by atoms with E-state index in [2.05, 4.69) is 5.32 Å². The van der Waals surface area contributed by atoms with E-state index in [1.54, 1.807) is 18.2 Å². The molecule has 0 fully saturated rings. The lowest BCUT2D eigenvalue weighted by Gasteiger charge is -2.16. The summed E-state index contributed by atoms with van der Waals surface area (Å²) >= 11 is 11.9. The first-order chi connectivity index (χ1) is 12.0. The molecular formula is C18H20Cl2N2O3. The molecule has 0 saturated carbocycles. The van der Waals surface area contributed by atoms with Gasteiger partial charge in [0.05, 0.1) is 5.02 Å². The van der Waals surface area contributed by atoms with Gasteiger partial charge in [-0.25, -0.2) is 0 Å². The SMILES string of the molecule is NC(CC(=O)NCC(O)COc1cccc(Cl)c1Cl)c1ccccc1. The van der Waals surface area contributed by atoms with E-state index in [1.165, 1.54) is 0 Å². The van der Waals surface area contributed by atoms with Crippen LogP contribution >= 0.6 is 23.2 Å². The predicted octanol–water partition coefficient (Wildman–Crippen LogP) is 2.94. The fourth-order valence-corrected chi connectivity index (χ4v) is 2.51. The summed E-state index contributed by atoms with van der Waals surface area (Å²) in [6.45, 7) is 0.0314. The summed E-state index contributed by atoms with van der Waals surface area (Å²) in [5, 5.41) is 13.2. The van der Waals surface area contributed by atoms with Crippen LogP contribution in [0.25, 0.3) is 0 Å². The quantitative estimate of drug-likeness (QED) is 0.655. The number of ether oxygens (including phenoxy) is 1. The van der Waals surface area contributed by atoms with E-state index in [0.717, 1.165) is 5.56 Å². The van der Waals surface area contributed by atoms with Crippen molar-refractivity contribution in [1.29, 1.82) is 0 Å². The number of carbonyl (C=O) groups excluding carboxylic acids is 1. The zero-order chi connectivity index (χ0) is 18.2. The van der Waals surface area contributed by atoms with Crippen molar-refractivity contribution in [3.8, 4) is 5.75 Å². The molecule has 0 bridgehead atoms. The third-order valence-corrected chi connectivity index (χ3v) is 4.32. The molecule has 2 atom stereocenters. The third kappa shape index (κ3) is 6.21. The second-order valence-electron chi connectivity index (χ2n) is 5.54. The molecule has 0 aliphatic carbocycles. The van der Waals surface area contributed by atoms with Crippen molar-refractivity contribution in [2.45, 2.75) is 18.6 Å². The van der Waals surface area contributed by atoms with E-state index >= 15 is 0 Å². The lowest BCUT2D eigenvalue weighted by atomic mass is 10.0. The normalized spacial score (nSPS) is 13.1.